The third kappa shape index (κ3) is 3.48. The molecule has 2 aliphatic heterocycles. The summed E-state index contributed by atoms with van der Waals surface area (Å²) < 4.78 is 16.9. The summed E-state index contributed by atoms with van der Waals surface area (Å²) in [6.07, 6.45) is 1.67. The minimum atomic E-state index is -0.0421. The van der Waals surface area contributed by atoms with Crippen LogP contribution in [0.1, 0.15) is 30.1 Å². The summed E-state index contributed by atoms with van der Waals surface area (Å²) in [6.45, 7) is 3.89. The summed E-state index contributed by atoms with van der Waals surface area (Å²) in [6, 6.07) is 5.47. The van der Waals surface area contributed by atoms with Crippen LogP contribution in [0.5, 0.6) is 11.5 Å². The van der Waals surface area contributed by atoms with Gasteiger partial charge in [0.2, 0.25) is 5.91 Å². The molecule has 0 unspecified atom stereocenters. The van der Waals surface area contributed by atoms with Crippen LogP contribution in [0.15, 0.2) is 18.2 Å². The molecule has 7 heteroatoms. The minimum Gasteiger partial charge on any atom is -0.486 e. The first-order valence-corrected chi connectivity index (χ1v) is 9.54. The molecule has 1 aromatic rings. The standard InChI is InChI=1S/C20H26N2O5/c1-12(23)21-16-8-13-10-22(11-14(13)9-18(16)25-2)20(24)15-4-3-5-17-19(15)27-7-6-26-17/h3-5,13-14,16,18H,6-11H2,1-2H3,(H,21,23)/t13-,14+,16-,18-/m1/s1. The van der Waals surface area contributed by atoms with E-state index in [0.29, 0.717) is 55.2 Å². The van der Waals surface area contributed by atoms with E-state index < -0.39 is 0 Å². The highest BCUT2D eigenvalue weighted by Crippen LogP contribution is 2.40. The Morgan fingerprint density at radius 1 is 1.15 bits per heavy atom. The predicted octanol–water partition coefficient (Wildman–Crippen LogP) is 1.46. The fraction of sp³-hybridized carbons (Fsp3) is 0.600. The molecular formula is C20H26N2O5. The van der Waals surface area contributed by atoms with Gasteiger partial charge in [-0.3, -0.25) is 9.59 Å². The first kappa shape index (κ1) is 18.1. The first-order chi connectivity index (χ1) is 13.1. The van der Waals surface area contributed by atoms with Gasteiger partial charge in [0, 0.05) is 27.1 Å². The van der Waals surface area contributed by atoms with E-state index in [9.17, 15) is 9.59 Å². The van der Waals surface area contributed by atoms with Crippen LogP contribution < -0.4 is 14.8 Å². The van der Waals surface area contributed by atoms with Gasteiger partial charge in [-0.05, 0) is 36.8 Å². The smallest absolute Gasteiger partial charge is 0.257 e. The number of fused-ring (bicyclic) bond motifs is 2. The fourth-order valence-electron chi connectivity index (χ4n) is 4.67. The lowest BCUT2D eigenvalue weighted by atomic mass is 9.77. The molecular weight excluding hydrogens is 348 g/mol. The number of nitrogens with one attached hydrogen (secondary N) is 1. The lowest BCUT2D eigenvalue weighted by Crippen LogP contribution is -2.49. The quantitative estimate of drug-likeness (QED) is 0.867. The molecule has 2 amide bonds. The molecule has 0 spiro atoms. The number of nitrogens with zero attached hydrogens (tertiary/aromatic N) is 1. The number of para-hydroxylation sites is 1. The molecule has 2 heterocycles. The highest BCUT2D eigenvalue weighted by Gasteiger charge is 2.44. The van der Waals surface area contributed by atoms with Gasteiger partial charge in [-0.2, -0.15) is 0 Å². The largest absolute Gasteiger partial charge is 0.486 e. The van der Waals surface area contributed by atoms with Crippen LogP contribution >= 0.6 is 0 Å². The minimum absolute atomic E-state index is 0.00465. The Morgan fingerprint density at radius 3 is 2.63 bits per heavy atom. The Hall–Kier alpha value is -2.28. The van der Waals surface area contributed by atoms with E-state index in [1.165, 1.54) is 6.92 Å². The molecule has 1 aliphatic carbocycles. The number of hydrogen-bond donors (Lipinski definition) is 1. The number of ether oxygens (including phenoxy) is 3. The molecule has 1 saturated heterocycles. The lowest BCUT2D eigenvalue weighted by Gasteiger charge is -2.37. The van der Waals surface area contributed by atoms with Crippen LogP contribution in [-0.2, 0) is 9.53 Å². The van der Waals surface area contributed by atoms with Crippen molar-refractivity contribution in [1.82, 2.24) is 10.2 Å². The number of amides is 2. The van der Waals surface area contributed by atoms with Crippen LogP contribution in [0.4, 0.5) is 0 Å². The van der Waals surface area contributed by atoms with Crippen LogP contribution in [0.2, 0.25) is 0 Å². The third-order valence-corrected chi connectivity index (χ3v) is 5.89. The van der Waals surface area contributed by atoms with Crippen LogP contribution in [0.25, 0.3) is 0 Å². The van der Waals surface area contributed by atoms with E-state index >= 15 is 0 Å². The number of rotatable bonds is 3. The van der Waals surface area contributed by atoms with E-state index in [0.717, 1.165) is 12.8 Å². The molecule has 1 aromatic carbocycles. The molecule has 0 radical (unpaired) electrons. The van der Waals surface area contributed by atoms with Gasteiger partial charge in [0.25, 0.3) is 5.91 Å². The number of carbonyl (C=O) groups is 2. The fourth-order valence-corrected chi connectivity index (χ4v) is 4.67. The number of carbonyl (C=O) groups excluding carboxylic acids is 2. The molecule has 4 rings (SSSR count). The maximum Gasteiger partial charge on any atom is 0.257 e. The summed E-state index contributed by atoms with van der Waals surface area (Å²) in [5.41, 5.74) is 0.563. The average molecular weight is 374 g/mol. The van der Waals surface area contributed by atoms with Crippen molar-refractivity contribution in [2.24, 2.45) is 11.8 Å². The number of likely N-dealkylation sites (tertiary alicyclic amines) is 1. The van der Waals surface area contributed by atoms with Crippen LogP contribution in [0, 0.1) is 11.8 Å². The Bertz CT molecular complexity index is 737. The zero-order valence-corrected chi connectivity index (χ0v) is 15.8. The Morgan fingerprint density at radius 2 is 1.89 bits per heavy atom. The van der Waals surface area contributed by atoms with E-state index in [4.69, 9.17) is 14.2 Å². The Labute approximate surface area is 158 Å². The van der Waals surface area contributed by atoms with E-state index in [2.05, 4.69) is 5.32 Å². The van der Waals surface area contributed by atoms with Crippen molar-refractivity contribution < 1.29 is 23.8 Å². The second-order valence-corrected chi connectivity index (χ2v) is 7.61. The Kier molecular flexibility index (Phi) is 4.95. The number of benzene rings is 1. The van der Waals surface area contributed by atoms with E-state index in [-0.39, 0.29) is 24.0 Å². The first-order valence-electron chi connectivity index (χ1n) is 9.54. The summed E-state index contributed by atoms with van der Waals surface area (Å²) in [5, 5.41) is 3.01. The van der Waals surface area contributed by atoms with E-state index in [1.54, 1.807) is 13.2 Å². The monoisotopic (exact) mass is 374 g/mol. The molecule has 3 aliphatic rings. The van der Waals surface area contributed by atoms with Crippen LogP contribution in [0.3, 0.4) is 0 Å². The SMILES string of the molecule is CO[C@@H]1C[C@H]2CN(C(=O)c3cccc4c3OCCO4)C[C@H]2C[C@H]1NC(C)=O. The molecule has 1 N–H and O–H groups in total. The molecule has 146 valence electrons. The highest BCUT2D eigenvalue weighted by atomic mass is 16.6. The van der Waals surface area contributed by atoms with Gasteiger partial charge >= 0.3 is 0 Å². The molecule has 0 bridgehead atoms. The zero-order valence-electron chi connectivity index (χ0n) is 15.8. The van der Waals surface area contributed by atoms with Crippen LogP contribution in [-0.4, -0.2) is 62.3 Å². The summed E-state index contributed by atoms with van der Waals surface area (Å²) in [5.74, 6) is 1.88. The second-order valence-electron chi connectivity index (χ2n) is 7.61. The van der Waals surface area contributed by atoms with Gasteiger partial charge in [0.1, 0.15) is 13.2 Å². The van der Waals surface area contributed by atoms with Gasteiger partial charge in [-0.1, -0.05) is 6.07 Å². The lowest BCUT2D eigenvalue weighted by molar-refractivity contribution is -0.121. The van der Waals surface area contributed by atoms with Crippen molar-refractivity contribution in [2.45, 2.75) is 31.9 Å². The molecule has 0 aromatic heterocycles. The zero-order chi connectivity index (χ0) is 19.0. The van der Waals surface area contributed by atoms with Crippen molar-refractivity contribution in [3.8, 4) is 11.5 Å². The van der Waals surface area contributed by atoms with Crippen molar-refractivity contribution in [2.75, 3.05) is 33.4 Å². The number of hydrogen-bond acceptors (Lipinski definition) is 5. The van der Waals surface area contributed by atoms with Crippen molar-refractivity contribution in [3.63, 3.8) is 0 Å². The van der Waals surface area contributed by atoms with Gasteiger partial charge in [0.15, 0.2) is 11.5 Å². The van der Waals surface area contributed by atoms with Gasteiger partial charge in [-0.15, -0.1) is 0 Å². The second kappa shape index (κ2) is 7.38. The maximum atomic E-state index is 13.2. The normalized spacial score (nSPS) is 29.2. The molecule has 2 fully saturated rings. The summed E-state index contributed by atoms with van der Waals surface area (Å²) in [7, 11) is 1.69. The summed E-state index contributed by atoms with van der Waals surface area (Å²) in [4.78, 5) is 26.6. The Balaban J connectivity index is 1.50. The summed E-state index contributed by atoms with van der Waals surface area (Å²) >= 11 is 0. The average Bonchev–Trinajstić information content (AvgIpc) is 3.08. The molecule has 7 nitrogen and oxygen atoms in total. The highest BCUT2D eigenvalue weighted by molar-refractivity contribution is 5.98. The topological polar surface area (TPSA) is 77.1 Å². The molecule has 27 heavy (non-hydrogen) atoms. The van der Waals surface area contributed by atoms with Gasteiger partial charge < -0.3 is 24.4 Å². The van der Waals surface area contributed by atoms with Crippen molar-refractivity contribution in [1.29, 1.82) is 0 Å². The third-order valence-electron chi connectivity index (χ3n) is 5.89. The van der Waals surface area contributed by atoms with Crippen molar-refractivity contribution >= 4 is 11.8 Å². The molecule has 1 saturated carbocycles. The number of methoxy groups -OCH3 is 1. The van der Waals surface area contributed by atoms with Crippen molar-refractivity contribution in [3.05, 3.63) is 23.8 Å². The molecule has 4 atom stereocenters. The van der Waals surface area contributed by atoms with E-state index in [1.807, 2.05) is 17.0 Å². The maximum absolute atomic E-state index is 13.2. The van der Waals surface area contributed by atoms with Gasteiger partial charge in [0.05, 0.1) is 17.7 Å². The predicted molar refractivity (Wildman–Crippen MR) is 98.0 cm³/mol. The van der Waals surface area contributed by atoms with Gasteiger partial charge in [-0.25, -0.2) is 0 Å².